The van der Waals surface area contributed by atoms with E-state index in [4.69, 9.17) is 4.74 Å². The number of rotatable bonds is 13. The Morgan fingerprint density at radius 1 is 1.35 bits per heavy atom. The van der Waals surface area contributed by atoms with Gasteiger partial charge >= 0.3 is 5.97 Å². The van der Waals surface area contributed by atoms with Crippen LogP contribution in [0.2, 0.25) is 0 Å². The molecule has 3 aliphatic heterocycles. The molecule has 3 saturated heterocycles. The third-order valence-corrected chi connectivity index (χ3v) is 9.52. The minimum Gasteiger partial charge on any atom is -0.466 e. The quantitative estimate of drug-likeness (QED) is 0.240. The summed E-state index contributed by atoms with van der Waals surface area (Å²) in [6.07, 6.45) is 6.82. The van der Waals surface area contributed by atoms with Crippen molar-refractivity contribution in [3.05, 3.63) is 12.7 Å². The van der Waals surface area contributed by atoms with E-state index in [2.05, 4.69) is 27.4 Å². The number of unbranched alkanes of at least 4 members (excludes halogenated alkanes) is 2. The SMILES string of the molecule is C=CCN(CCCCC)C(=O)C1N([C@@H](CO)CC(C)C)C(=O)[C@@H]2[C@@H](C(=O)OCC)[C@H]3CCC12S3. The second-order valence-electron chi connectivity index (χ2n) is 10.3. The van der Waals surface area contributed by atoms with Crippen LogP contribution >= 0.6 is 11.8 Å². The van der Waals surface area contributed by atoms with Crippen LogP contribution in [-0.2, 0) is 19.1 Å². The molecule has 1 spiro atoms. The lowest BCUT2D eigenvalue weighted by Crippen LogP contribution is -2.57. The molecule has 7 nitrogen and oxygen atoms in total. The van der Waals surface area contributed by atoms with E-state index in [-0.39, 0.29) is 42.2 Å². The summed E-state index contributed by atoms with van der Waals surface area (Å²) in [6.45, 7) is 13.0. The lowest BCUT2D eigenvalue weighted by molar-refractivity contribution is -0.154. The van der Waals surface area contributed by atoms with Gasteiger partial charge in [-0.05, 0) is 38.5 Å². The van der Waals surface area contributed by atoms with Gasteiger partial charge in [-0.1, -0.05) is 39.7 Å². The highest BCUT2D eigenvalue weighted by molar-refractivity contribution is 8.02. The van der Waals surface area contributed by atoms with E-state index in [1.165, 1.54) is 0 Å². The van der Waals surface area contributed by atoms with Gasteiger partial charge in [-0.3, -0.25) is 14.4 Å². The largest absolute Gasteiger partial charge is 0.466 e. The van der Waals surface area contributed by atoms with Gasteiger partial charge in [-0.25, -0.2) is 0 Å². The highest BCUT2D eigenvalue weighted by atomic mass is 32.2. The monoisotopic (exact) mass is 494 g/mol. The molecule has 0 aromatic rings. The zero-order chi connectivity index (χ0) is 25.0. The van der Waals surface area contributed by atoms with Crippen LogP contribution in [0.25, 0.3) is 0 Å². The highest BCUT2D eigenvalue weighted by Gasteiger charge is 2.74. The third-order valence-electron chi connectivity index (χ3n) is 7.57. The number of esters is 1. The summed E-state index contributed by atoms with van der Waals surface area (Å²) in [5.41, 5.74) is 0. The number of carbonyl (C=O) groups excluding carboxylic acids is 3. The molecule has 1 N–H and O–H groups in total. The molecule has 0 aromatic carbocycles. The summed E-state index contributed by atoms with van der Waals surface area (Å²) >= 11 is 1.65. The van der Waals surface area contributed by atoms with Gasteiger partial charge in [0.15, 0.2) is 0 Å². The minimum atomic E-state index is -0.683. The molecule has 3 heterocycles. The van der Waals surface area contributed by atoms with Gasteiger partial charge in [0, 0.05) is 18.3 Å². The van der Waals surface area contributed by atoms with Crippen LogP contribution in [0.1, 0.15) is 66.2 Å². The average molecular weight is 495 g/mol. The first-order chi connectivity index (χ1) is 16.3. The van der Waals surface area contributed by atoms with Gasteiger partial charge in [0.1, 0.15) is 6.04 Å². The first kappa shape index (κ1) is 27.1. The summed E-state index contributed by atoms with van der Waals surface area (Å²) in [4.78, 5) is 44.7. The van der Waals surface area contributed by atoms with Crippen molar-refractivity contribution in [2.24, 2.45) is 17.8 Å². The van der Waals surface area contributed by atoms with Crippen LogP contribution in [0.5, 0.6) is 0 Å². The van der Waals surface area contributed by atoms with Crippen molar-refractivity contribution in [2.75, 3.05) is 26.3 Å². The fraction of sp³-hybridized carbons (Fsp3) is 0.808. The summed E-state index contributed by atoms with van der Waals surface area (Å²) in [6, 6.07) is -1.14. The van der Waals surface area contributed by atoms with E-state index in [9.17, 15) is 19.5 Å². The van der Waals surface area contributed by atoms with Crippen molar-refractivity contribution < 1.29 is 24.2 Å². The lowest BCUT2D eigenvalue weighted by atomic mass is 9.71. The normalized spacial score (nSPS) is 30.5. The van der Waals surface area contributed by atoms with Crippen molar-refractivity contribution in [3.8, 4) is 0 Å². The molecular weight excluding hydrogens is 452 g/mol. The van der Waals surface area contributed by atoms with Gasteiger partial charge in [0.05, 0.1) is 35.8 Å². The molecule has 34 heavy (non-hydrogen) atoms. The Hall–Kier alpha value is -1.54. The van der Waals surface area contributed by atoms with Crippen molar-refractivity contribution in [2.45, 2.75) is 88.3 Å². The molecule has 8 heteroatoms. The van der Waals surface area contributed by atoms with E-state index in [0.717, 1.165) is 32.1 Å². The molecule has 0 radical (unpaired) electrons. The van der Waals surface area contributed by atoms with Gasteiger partial charge in [-0.2, -0.15) is 0 Å². The molecule has 3 aliphatic rings. The topological polar surface area (TPSA) is 87.2 Å². The Bertz CT molecular complexity index is 774. The predicted octanol–water partition coefficient (Wildman–Crippen LogP) is 3.25. The van der Waals surface area contributed by atoms with Gasteiger partial charge in [-0.15, -0.1) is 18.3 Å². The minimum absolute atomic E-state index is 0.00364. The number of aliphatic hydroxyl groups excluding tert-OH is 1. The summed E-state index contributed by atoms with van der Waals surface area (Å²) in [5.74, 6) is -1.44. The van der Waals surface area contributed by atoms with Crippen LogP contribution in [0.3, 0.4) is 0 Å². The van der Waals surface area contributed by atoms with Gasteiger partial charge in [0.2, 0.25) is 11.8 Å². The Kier molecular flexibility index (Phi) is 9.12. The molecule has 2 bridgehead atoms. The molecule has 2 unspecified atom stereocenters. The first-order valence-corrected chi connectivity index (χ1v) is 13.8. The van der Waals surface area contributed by atoms with E-state index in [0.29, 0.717) is 19.5 Å². The zero-order valence-electron chi connectivity index (χ0n) is 21.2. The van der Waals surface area contributed by atoms with Crippen molar-refractivity contribution in [1.29, 1.82) is 0 Å². The number of hydrogen-bond donors (Lipinski definition) is 1. The predicted molar refractivity (Wildman–Crippen MR) is 134 cm³/mol. The van der Waals surface area contributed by atoms with Crippen LogP contribution in [0, 0.1) is 17.8 Å². The number of fused-ring (bicyclic) bond motifs is 1. The second kappa shape index (κ2) is 11.5. The molecule has 0 aliphatic carbocycles. The number of aliphatic hydroxyl groups is 1. The second-order valence-corrected chi connectivity index (χ2v) is 11.9. The molecule has 0 aromatic heterocycles. The average Bonchev–Trinajstić information content (AvgIpc) is 3.44. The Balaban J connectivity index is 2.04. The number of thioether (sulfide) groups is 1. The molecule has 192 valence electrons. The molecule has 2 amide bonds. The fourth-order valence-corrected chi connectivity index (χ4v) is 8.45. The first-order valence-electron chi connectivity index (χ1n) is 12.9. The van der Waals surface area contributed by atoms with E-state index in [1.54, 1.807) is 29.7 Å². The lowest BCUT2D eigenvalue weighted by Gasteiger charge is -2.40. The standard InChI is InChI=1S/C26H42N2O5S/c1-6-9-10-14-27(13-7-2)24(31)22-26-12-11-19(34-26)20(25(32)33-8-3)21(26)23(30)28(22)18(16-29)15-17(4)5/h7,17-22,29H,2,6,8-16H2,1,3-5H3/t18-,19-,20+,21+,22?,26?/m1/s1. The van der Waals surface area contributed by atoms with Crippen LogP contribution in [-0.4, -0.2) is 81.1 Å². The molecular formula is C26H42N2O5S. The number of amides is 2. The van der Waals surface area contributed by atoms with Gasteiger partial charge in [0.25, 0.3) is 0 Å². The molecule has 0 saturated carbocycles. The van der Waals surface area contributed by atoms with Crippen LogP contribution in [0.15, 0.2) is 12.7 Å². The van der Waals surface area contributed by atoms with Crippen molar-refractivity contribution in [3.63, 3.8) is 0 Å². The Morgan fingerprint density at radius 3 is 2.68 bits per heavy atom. The number of likely N-dealkylation sites (tertiary alicyclic amines) is 1. The summed E-state index contributed by atoms with van der Waals surface area (Å²) in [7, 11) is 0. The third kappa shape index (κ3) is 4.77. The van der Waals surface area contributed by atoms with Crippen LogP contribution in [0.4, 0.5) is 0 Å². The Morgan fingerprint density at radius 2 is 2.09 bits per heavy atom. The maximum absolute atomic E-state index is 14.2. The molecule has 3 fully saturated rings. The Labute approximate surface area is 208 Å². The van der Waals surface area contributed by atoms with E-state index < -0.39 is 28.7 Å². The van der Waals surface area contributed by atoms with Crippen molar-refractivity contribution in [1.82, 2.24) is 9.80 Å². The van der Waals surface area contributed by atoms with Gasteiger partial charge < -0.3 is 19.6 Å². The highest BCUT2D eigenvalue weighted by Crippen LogP contribution is 2.67. The number of hydrogen-bond acceptors (Lipinski definition) is 6. The smallest absolute Gasteiger partial charge is 0.310 e. The van der Waals surface area contributed by atoms with E-state index >= 15 is 0 Å². The fourth-order valence-electron chi connectivity index (χ4n) is 6.26. The van der Waals surface area contributed by atoms with E-state index in [1.807, 2.05) is 4.90 Å². The van der Waals surface area contributed by atoms with Crippen LogP contribution < -0.4 is 0 Å². The van der Waals surface area contributed by atoms with Crippen molar-refractivity contribution >= 4 is 29.5 Å². The molecule has 3 rings (SSSR count). The number of nitrogens with zero attached hydrogens (tertiary/aromatic N) is 2. The maximum atomic E-state index is 14.2. The summed E-state index contributed by atoms with van der Waals surface area (Å²) < 4.78 is 4.74. The zero-order valence-corrected chi connectivity index (χ0v) is 22.0. The maximum Gasteiger partial charge on any atom is 0.310 e. The number of carbonyl (C=O) groups is 3. The number of ether oxygens (including phenoxy) is 1. The summed E-state index contributed by atoms with van der Waals surface area (Å²) in [5, 5.41) is 10.3. The molecule has 6 atom stereocenters.